The molecule has 0 aliphatic carbocycles. The van der Waals surface area contributed by atoms with E-state index in [1.165, 1.54) is 12.1 Å². The molecule has 2 aromatic carbocycles. The van der Waals surface area contributed by atoms with Gasteiger partial charge in [-0.2, -0.15) is 0 Å². The predicted octanol–water partition coefficient (Wildman–Crippen LogP) is 3.48. The van der Waals surface area contributed by atoms with Crippen LogP contribution in [0.4, 0.5) is 8.78 Å². The van der Waals surface area contributed by atoms with E-state index in [0.717, 1.165) is 5.56 Å². The van der Waals surface area contributed by atoms with Crippen LogP contribution in [-0.4, -0.2) is 7.11 Å². The maximum atomic E-state index is 14.0. The summed E-state index contributed by atoms with van der Waals surface area (Å²) in [4.78, 5) is 0. The first-order valence-electron chi connectivity index (χ1n) is 6.28. The van der Waals surface area contributed by atoms with Crippen LogP contribution in [0, 0.1) is 11.6 Å². The number of hydrogen-bond donors (Lipinski definition) is 2. The molecule has 1 unspecified atom stereocenters. The molecule has 0 saturated carbocycles. The summed E-state index contributed by atoms with van der Waals surface area (Å²) in [6.45, 7) is 0. The fraction of sp³-hybridized carbons (Fsp3) is 0.200. The first-order chi connectivity index (χ1) is 10.0. The molecule has 1 atom stereocenters. The Labute approximate surface area is 130 Å². The normalized spacial score (nSPS) is 12.2. The summed E-state index contributed by atoms with van der Waals surface area (Å²) in [6.07, 6.45) is 0.336. The van der Waals surface area contributed by atoms with Gasteiger partial charge >= 0.3 is 0 Å². The van der Waals surface area contributed by atoms with Crippen molar-refractivity contribution in [2.45, 2.75) is 12.5 Å². The molecule has 21 heavy (non-hydrogen) atoms. The quantitative estimate of drug-likeness (QED) is 0.636. The smallest absolute Gasteiger partial charge is 0.132 e. The van der Waals surface area contributed by atoms with Crippen LogP contribution in [0.1, 0.15) is 17.2 Å². The van der Waals surface area contributed by atoms with E-state index < -0.39 is 17.7 Å². The summed E-state index contributed by atoms with van der Waals surface area (Å²) in [5.41, 5.74) is 3.25. The number of halogens is 3. The number of methoxy groups -OCH3 is 1. The molecule has 0 aliphatic rings. The molecule has 112 valence electrons. The van der Waals surface area contributed by atoms with Crippen molar-refractivity contribution in [3.8, 4) is 5.75 Å². The lowest BCUT2D eigenvalue weighted by molar-refractivity contribution is 0.413. The second-order valence-corrected chi connectivity index (χ2v) is 5.47. The zero-order valence-electron chi connectivity index (χ0n) is 11.4. The SMILES string of the molecule is COc1cccc(CC(NN)c2c(F)cc(Br)cc2F)c1. The molecular formula is C15H15BrF2N2O. The van der Waals surface area contributed by atoms with Crippen LogP contribution in [0.2, 0.25) is 0 Å². The molecule has 6 heteroatoms. The molecule has 0 aliphatic heterocycles. The van der Waals surface area contributed by atoms with Crippen molar-refractivity contribution in [3.05, 3.63) is 63.6 Å². The van der Waals surface area contributed by atoms with E-state index in [1.807, 2.05) is 12.1 Å². The third kappa shape index (κ3) is 3.78. The molecule has 0 spiro atoms. The van der Waals surface area contributed by atoms with Crippen LogP contribution in [-0.2, 0) is 6.42 Å². The molecule has 0 aromatic heterocycles. The number of hydrogen-bond acceptors (Lipinski definition) is 3. The van der Waals surface area contributed by atoms with Crippen molar-refractivity contribution in [2.24, 2.45) is 5.84 Å². The van der Waals surface area contributed by atoms with E-state index in [9.17, 15) is 8.78 Å². The predicted molar refractivity (Wildman–Crippen MR) is 80.8 cm³/mol. The number of nitrogens with two attached hydrogens (primary N) is 1. The Morgan fingerprint density at radius 2 is 1.90 bits per heavy atom. The summed E-state index contributed by atoms with van der Waals surface area (Å²) in [5.74, 6) is 4.86. The second kappa shape index (κ2) is 6.98. The van der Waals surface area contributed by atoms with Crippen LogP contribution in [0.3, 0.4) is 0 Å². The highest BCUT2D eigenvalue weighted by Crippen LogP contribution is 2.27. The first kappa shape index (κ1) is 15.9. The lowest BCUT2D eigenvalue weighted by Crippen LogP contribution is -2.31. The maximum absolute atomic E-state index is 14.0. The van der Waals surface area contributed by atoms with Crippen molar-refractivity contribution in [1.29, 1.82) is 0 Å². The van der Waals surface area contributed by atoms with E-state index in [1.54, 1.807) is 19.2 Å². The van der Waals surface area contributed by atoms with Crippen molar-refractivity contribution in [1.82, 2.24) is 5.43 Å². The zero-order chi connectivity index (χ0) is 15.4. The standard InChI is InChI=1S/C15H15BrF2N2O/c1-21-11-4-2-3-9(5-11)6-14(20-19)15-12(17)7-10(16)8-13(15)18/h2-5,7-8,14,20H,6,19H2,1H3. The van der Waals surface area contributed by atoms with Crippen LogP contribution < -0.4 is 16.0 Å². The Hall–Kier alpha value is -1.50. The Bertz CT molecular complexity index is 614. The van der Waals surface area contributed by atoms with Gasteiger partial charge in [0.25, 0.3) is 0 Å². The minimum absolute atomic E-state index is 0.0801. The van der Waals surface area contributed by atoms with Crippen molar-refractivity contribution >= 4 is 15.9 Å². The second-order valence-electron chi connectivity index (χ2n) is 4.56. The van der Waals surface area contributed by atoms with Gasteiger partial charge in [-0.3, -0.25) is 11.3 Å². The highest BCUT2D eigenvalue weighted by atomic mass is 79.9. The van der Waals surface area contributed by atoms with Crippen molar-refractivity contribution < 1.29 is 13.5 Å². The fourth-order valence-electron chi connectivity index (χ4n) is 2.17. The van der Waals surface area contributed by atoms with E-state index in [-0.39, 0.29) is 5.56 Å². The summed E-state index contributed by atoms with van der Waals surface area (Å²) >= 11 is 3.06. The van der Waals surface area contributed by atoms with Gasteiger partial charge in [-0.05, 0) is 36.2 Å². The van der Waals surface area contributed by atoms with Crippen LogP contribution in [0.5, 0.6) is 5.75 Å². The number of hydrazine groups is 1. The number of rotatable bonds is 5. The monoisotopic (exact) mass is 356 g/mol. The van der Waals surface area contributed by atoms with Gasteiger partial charge < -0.3 is 4.74 Å². The highest BCUT2D eigenvalue weighted by molar-refractivity contribution is 9.10. The van der Waals surface area contributed by atoms with E-state index in [0.29, 0.717) is 16.6 Å². The van der Waals surface area contributed by atoms with E-state index in [2.05, 4.69) is 21.4 Å². The van der Waals surface area contributed by atoms with Gasteiger partial charge in [0.1, 0.15) is 17.4 Å². The Kier molecular flexibility index (Phi) is 5.27. The number of ether oxygens (including phenoxy) is 1. The van der Waals surface area contributed by atoms with Crippen LogP contribution in [0.15, 0.2) is 40.9 Å². The fourth-order valence-corrected chi connectivity index (χ4v) is 2.57. The molecule has 3 nitrogen and oxygen atoms in total. The largest absolute Gasteiger partial charge is 0.497 e. The third-order valence-corrected chi connectivity index (χ3v) is 3.63. The summed E-state index contributed by atoms with van der Waals surface area (Å²) in [6, 6.07) is 9.03. The molecule has 2 aromatic rings. The summed E-state index contributed by atoms with van der Waals surface area (Å²) in [5, 5.41) is 0. The lowest BCUT2D eigenvalue weighted by Gasteiger charge is -2.18. The first-order valence-corrected chi connectivity index (χ1v) is 7.08. The van der Waals surface area contributed by atoms with Crippen molar-refractivity contribution in [2.75, 3.05) is 7.11 Å². The van der Waals surface area contributed by atoms with Crippen molar-refractivity contribution in [3.63, 3.8) is 0 Å². The summed E-state index contributed by atoms with van der Waals surface area (Å²) < 4.78 is 33.5. The molecule has 0 fully saturated rings. The molecule has 3 N–H and O–H groups in total. The van der Waals surface area contributed by atoms with Gasteiger partial charge in [-0.25, -0.2) is 8.78 Å². The van der Waals surface area contributed by atoms with Gasteiger partial charge in [-0.15, -0.1) is 0 Å². The van der Waals surface area contributed by atoms with E-state index >= 15 is 0 Å². The molecule has 2 rings (SSSR count). The molecule has 0 amide bonds. The average molecular weight is 357 g/mol. The third-order valence-electron chi connectivity index (χ3n) is 3.17. The lowest BCUT2D eigenvalue weighted by atomic mass is 9.98. The van der Waals surface area contributed by atoms with Gasteiger partial charge in [0.2, 0.25) is 0 Å². The minimum Gasteiger partial charge on any atom is -0.497 e. The summed E-state index contributed by atoms with van der Waals surface area (Å²) in [7, 11) is 1.56. The number of benzene rings is 2. The molecule has 0 radical (unpaired) electrons. The van der Waals surface area contributed by atoms with Crippen LogP contribution >= 0.6 is 15.9 Å². The van der Waals surface area contributed by atoms with E-state index in [4.69, 9.17) is 10.6 Å². The zero-order valence-corrected chi connectivity index (χ0v) is 13.0. The molecule has 0 saturated heterocycles. The van der Waals surface area contributed by atoms with Crippen LogP contribution in [0.25, 0.3) is 0 Å². The Morgan fingerprint density at radius 1 is 1.24 bits per heavy atom. The molecule has 0 bridgehead atoms. The van der Waals surface area contributed by atoms with Gasteiger partial charge in [0.15, 0.2) is 0 Å². The molecule has 0 heterocycles. The average Bonchev–Trinajstić information content (AvgIpc) is 2.45. The molecular weight excluding hydrogens is 342 g/mol. The Balaban J connectivity index is 2.32. The minimum atomic E-state index is -0.676. The van der Waals surface area contributed by atoms with Gasteiger partial charge in [0, 0.05) is 10.0 Å². The highest BCUT2D eigenvalue weighted by Gasteiger charge is 2.20. The number of nitrogens with one attached hydrogen (secondary N) is 1. The Morgan fingerprint density at radius 3 is 2.48 bits per heavy atom. The maximum Gasteiger partial charge on any atom is 0.132 e. The van der Waals surface area contributed by atoms with Gasteiger partial charge in [-0.1, -0.05) is 28.1 Å². The van der Waals surface area contributed by atoms with Gasteiger partial charge in [0.05, 0.1) is 13.2 Å². The topological polar surface area (TPSA) is 47.3 Å².